The van der Waals surface area contributed by atoms with Gasteiger partial charge in [-0.1, -0.05) is 30.3 Å². The first-order valence-electron chi connectivity index (χ1n) is 6.79. The van der Waals surface area contributed by atoms with Gasteiger partial charge in [-0.2, -0.15) is 0 Å². The maximum atomic E-state index is 11.9. The van der Waals surface area contributed by atoms with Crippen molar-refractivity contribution in [2.24, 2.45) is 0 Å². The van der Waals surface area contributed by atoms with E-state index in [2.05, 4.69) is 11.9 Å². The first kappa shape index (κ1) is 13.9. The van der Waals surface area contributed by atoms with Gasteiger partial charge >= 0.3 is 6.09 Å². The molecule has 0 spiro atoms. The Labute approximate surface area is 115 Å². The van der Waals surface area contributed by atoms with Crippen LogP contribution in [0.3, 0.4) is 0 Å². The van der Waals surface area contributed by atoms with Gasteiger partial charge in [0.05, 0.1) is 0 Å². The molecule has 0 radical (unpaired) electrons. The molecule has 0 aromatic heterocycles. The second-order valence-corrected chi connectivity index (χ2v) is 5.20. The molecule has 4 heteroatoms. The normalized spacial score (nSPS) is 19.4. The lowest BCUT2D eigenvalue weighted by Gasteiger charge is -2.25. The minimum atomic E-state index is -0.246. The van der Waals surface area contributed by atoms with Crippen molar-refractivity contribution in [2.75, 3.05) is 27.2 Å². The van der Waals surface area contributed by atoms with Gasteiger partial charge in [-0.3, -0.25) is 0 Å². The molecule has 1 fully saturated rings. The Morgan fingerprint density at radius 2 is 2.16 bits per heavy atom. The van der Waals surface area contributed by atoms with E-state index >= 15 is 0 Å². The Balaban J connectivity index is 1.76. The second-order valence-electron chi connectivity index (χ2n) is 5.20. The summed E-state index contributed by atoms with van der Waals surface area (Å²) < 4.78 is 5.30. The van der Waals surface area contributed by atoms with Gasteiger partial charge in [0.2, 0.25) is 0 Å². The number of hydrogen-bond donors (Lipinski definition) is 0. The summed E-state index contributed by atoms with van der Waals surface area (Å²) in [6.45, 7) is 2.20. The minimum Gasteiger partial charge on any atom is -0.445 e. The molecular formula is C15H22N2O2. The summed E-state index contributed by atoms with van der Waals surface area (Å²) in [5, 5.41) is 0. The van der Waals surface area contributed by atoms with Gasteiger partial charge in [-0.25, -0.2) is 4.79 Å². The van der Waals surface area contributed by atoms with Gasteiger partial charge in [0, 0.05) is 19.6 Å². The number of benzene rings is 1. The maximum absolute atomic E-state index is 11.9. The molecule has 1 atom stereocenters. The van der Waals surface area contributed by atoms with Gasteiger partial charge < -0.3 is 14.5 Å². The van der Waals surface area contributed by atoms with Gasteiger partial charge in [-0.15, -0.1) is 0 Å². The Morgan fingerprint density at radius 1 is 1.42 bits per heavy atom. The quantitative estimate of drug-likeness (QED) is 0.835. The van der Waals surface area contributed by atoms with Crippen molar-refractivity contribution < 1.29 is 9.53 Å². The van der Waals surface area contributed by atoms with Crippen LogP contribution in [-0.2, 0) is 11.3 Å². The summed E-state index contributed by atoms with van der Waals surface area (Å²) in [6.07, 6.45) is 2.13. The first-order chi connectivity index (χ1) is 9.16. The SMILES string of the molecule is CN(CC1CCCN1C)C(=O)OCc1ccccc1. The van der Waals surface area contributed by atoms with Crippen molar-refractivity contribution in [2.45, 2.75) is 25.5 Å². The van der Waals surface area contributed by atoms with E-state index in [-0.39, 0.29) is 6.09 Å². The van der Waals surface area contributed by atoms with Gasteiger partial charge in [0.25, 0.3) is 0 Å². The Bertz CT molecular complexity index is 408. The molecule has 1 saturated heterocycles. The van der Waals surface area contributed by atoms with Crippen LogP contribution in [0.15, 0.2) is 30.3 Å². The topological polar surface area (TPSA) is 32.8 Å². The molecule has 1 aromatic carbocycles. The zero-order valence-electron chi connectivity index (χ0n) is 11.7. The molecule has 19 heavy (non-hydrogen) atoms. The average molecular weight is 262 g/mol. The summed E-state index contributed by atoms with van der Waals surface area (Å²) in [7, 11) is 3.92. The third kappa shape index (κ3) is 3.96. The van der Waals surface area contributed by atoms with Crippen LogP contribution in [0.2, 0.25) is 0 Å². The summed E-state index contributed by atoms with van der Waals surface area (Å²) in [5.74, 6) is 0. The Hall–Kier alpha value is -1.55. The second kappa shape index (κ2) is 6.57. The summed E-state index contributed by atoms with van der Waals surface area (Å²) >= 11 is 0. The molecule has 0 bridgehead atoms. The van der Waals surface area contributed by atoms with Crippen LogP contribution in [0.5, 0.6) is 0 Å². The highest BCUT2D eigenvalue weighted by atomic mass is 16.6. The fourth-order valence-electron chi connectivity index (χ4n) is 2.43. The van der Waals surface area contributed by atoms with Gasteiger partial charge in [0.15, 0.2) is 0 Å². The van der Waals surface area contributed by atoms with E-state index in [0.717, 1.165) is 25.1 Å². The van der Waals surface area contributed by atoms with Crippen molar-refractivity contribution >= 4 is 6.09 Å². The maximum Gasteiger partial charge on any atom is 0.409 e. The van der Waals surface area contributed by atoms with Crippen molar-refractivity contribution in [1.29, 1.82) is 0 Å². The molecule has 2 rings (SSSR count). The molecular weight excluding hydrogens is 240 g/mol. The lowest BCUT2D eigenvalue weighted by Crippen LogP contribution is -2.39. The van der Waals surface area contributed by atoms with Crippen LogP contribution in [0.25, 0.3) is 0 Å². The third-order valence-electron chi connectivity index (χ3n) is 3.67. The number of hydrogen-bond acceptors (Lipinski definition) is 3. The third-order valence-corrected chi connectivity index (χ3v) is 3.67. The molecule has 4 nitrogen and oxygen atoms in total. The molecule has 1 heterocycles. The standard InChI is InChI=1S/C15H22N2O2/c1-16-10-6-9-14(16)11-17(2)15(18)19-12-13-7-4-3-5-8-13/h3-5,7-8,14H,6,9-12H2,1-2H3. The van der Waals surface area contributed by atoms with Crippen LogP contribution in [0, 0.1) is 0 Å². The highest BCUT2D eigenvalue weighted by molar-refractivity contribution is 5.67. The van der Waals surface area contributed by atoms with Crippen molar-refractivity contribution in [3.63, 3.8) is 0 Å². The zero-order chi connectivity index (χ0) is 13.7. The van der Waals surface area contributed by atoms with Crippen molar-refractivity contribution in [3.05, 3.63) is 35.9 Å². The Kier molecular flexibility index (Phi) is 4.80. The fraction of sp³-hybridized carbons (Fsp3) is 0.533. The fourth-order valence-corrected chi connectivity index (χ4v) is 2.43. The molecule has 1 aliphatic rings. The van der Waals surface area contributed by atoms with Crippen LogP contribution in [0.1, 0.15) is 18.4 Å². The van der Waals surface area contributed by atoms with E-state index in [9.17, 15) is 4.79 Å². The molecule has 0 aliphatic carbocycles. The smallest absolute Gasteiger partial charge is 0.409 e. The van der Waals surface area contributed by atoms with Crippen LogP contribution in [-0.4, -0.2) is 49.1 Å². The average Bonchev–Trinajstić information content (AvgIpc) is 2.82. The molecule has 0 saturated carbocycles. The molecule has 1 aliphatic heterocycles. The highest BCUT2D eigenvalue weighted by Gasteiger charge is 2.24. The van der Waals surface area contributed by atoms with Crippen LogP contribution >= 0.6 is 0 Å². The van der Waals surface area contributed by atoms with Gasteiger partial charge in [0.1, 0.15) is 6.61 Å². The largest absolute Gasteiger partial charge is 0.445 e. The predicted octanol–water partition coefficient (Wildman–Crippen LogP) is 2.35. The Morgan fingerprint density at radius 3 is 2.79 bits per heavy atom. The minimum absolute atomic E-state index is 0.246. The lowest BCUT2D eigenvalue weighted by atomic mass is 10.2. The van der Waals surface area contributed by atoms with Gasteiger partial charge in [-0.05, 0) is 32.0 Å². The van der Waals surface area contributed by atoms with E-state index in [0.29, 0.717) is 12.6 Å². The van der Waals surface area contributed by atoms with Crippen LogP contribution < -0.4 is 0 Å². The number of rotatable bonds is 4. The van der Waals surface area contributed by atoms with Crippen LogP contribution in [0.4, 0.5) is 4.79 Å². The first-order valence-corrected chi connectivity index (χ1v) is 6.79. The number of carbonyl (C=O) groups is 1. The predicted molar refractivity (Wildman–Crippen MR) is 74.9 cm³/mol. The van der Waals surface area contributed by atoms with E-state index in [1.165, 1.54) is 6.42 Å². The monoisotopic (exact) mass is 262 g/mol. The number of carbonyl (C=O) groups excluding carboxylic acids is 1. The lowest BCUT2D eigenvalue weighted by molar-refractivity contribution is 0.0966. The van der Waals surface area contributed by atoms with Crippen molar-refractivity contribution in [1.82, 2.24) is 9.80 Å². The molecule has 104 valence electrons. The van der Waals surface area contributed by atoms with E-state index < -0.39 is 0 Å². The van der Waals surface area contributed by atoms with Crippen molar-refractivity contribution in [3.8, 4) is 0 Å². The van der Waals surface area contributed by atoms with E-state index in [1.54, 1.807) is 11.9 Å². The molecule has 0 N–H and O–H groups in total. The zero-order valence-corrected chi connectivity index (χ0v) is 11.7. The number of likely N-dealkylation sites (tertiary alicyclic amines) is 1. The number of nitrogens with zero attached hydrogens (tertiary/aromatic N) is 2. The highest BCUT2D eigenvalue weighted by Crippen LogP contribution is 2.15. The number of amides is 1. The number of likely N-dealkylation sites (N-methyl/N-ethyl adjacent to an activating group) is 2. The molecule has 1 unspecified atom stereocenters. The summed E-state index contributed by atoms with van der Waals surface area (Å²) in [5.41, 5.74) is 1.02. The summed E-state index contributed by atoms with van der Waals surface area (Å²) in [6, 6.07) is 10.2. The molecule has 1 aromatic rings. The van der Waals surface area contributed by atoms with E-state index in [4.69, 9.17) is 4.74 Å². The molecule has 1 amide bonds. The van der Waals surface area contributed by atoms with E-state index in [1.807, 2.05) is 30.3 Å². The number of ether oxygens (including phenoxy) is 1. The summed E-state index contributed by atoms with van der Waals surface area (Å²) in [4.78, 5) is 15.9.